The quantitative estimate of drug-likeness (QED) is 0.0149. The second-order valence-electron chi connectivity index (χ2n) is 28.0. The van der Waals surface area contributed by atoms with E-state index < -0.39 is 132 Å². The van der Waals surface area contributed by atoms with Gasteiger partial charge in [-0.3, -0.25) is 63.0 Å². The number of rotatable bonds is 38. The summed E-state index contributed by atoms with van der Waals surface area (Å²) in [6.07, 6.45) is 0.123. The zero-order chi connectivity index (χ0) is 78.7. The van der Waals surface area contributed by atoms with E-state index in [9.17, 15) is 53.4 Å². The molecule has 0 spiro atoms. The van der Waals surface area contributed by atoms with Gasteiger partial charge in [-0.15, -0.1) is 0 Å². The van der Waals surface area contributed by atoms with Gasteiger partial charge in [0.15, 0.2) is 5.96 Å². The fourth-order valence-corrected chi connectivity index (χ4v) is 13.1. The number of ether oxygens (including phenoxy) is 1. The molecule has 11 amide bonds. The Morgan fingerprint density at radius 1 is 0.523 bits per heavy atom. The third-order valence-electron chi connectivity index (χ3n) is 18.8. The summed E-state index contributed by atoms with van der Waals surface area (Å²) in [5, 5.41) is 58.5. The van der Waals surface area contributed by atoms with Crippen molar-refractivity contribution in [3.63, 3.8) is 0 Å². The summed E-state index contributed by atoms with van der Waals surface area (Å²) in [5.74, 6) is -9.46. The minimum Gasteiger partial charge on any atom is -0.508 e. The summed E-state index contributed by atoms with van der Waals surface area (Å²) in [5.41, 5.74) is 14.7. The first-order valence-electron chi connectivity index (χ1n) is 36.6. The number of nitrogens with one attached hydrogen (secondary N) is 11. The van der Waals surface area contributed by atoms with Gasteiger partial charge < -0.3 is 84.5 Å². The standard InChI is InChI=1S/C79H100ClN15O14/c1-47(2)38-61(70(100)87-60(16-10-32-84-79(82)83)78(108)95-33-11-17-68(95)77(107)85-48(3)69(81)99)88-72(102)64(41-51-18-20-54(21-19-51)45-94-34-36-109-37-35-94)91-74(104)66(43-53-25-30-59(98)31-26-53)92-76(106)67(46-96)93-75(105)63(40-50-12-6-5-7-13-50)90-73(103)65(42-52-23-28-58(80)29-24-52)89-71(101)62(86-49(4)97)44-55-22-27-56-14-8-9-15-57(56)39-55/h5-9,12-15,18-31,39,47-48,60-68,96,98H,10-11,16-17,32-38,40-46H2,1-4H3,(H2,81,99)(H,85,107)(H,86,97)(H,87,100)(H,88,102)(H,89,101)(H,90,103)(H,91,104)(H,92,106)(H,93,105)(H4,82,83,84)/t48-,60+,61+,62-,63-,64-,65-,66+,67+,68+/m1/s1. The van der Waals surface area contributed by atoms with Crippen molar-refractivity contribution in [1.82, 2.24) is 63.0 Å². The molecule has 6 aromatic rings. The Labute approximate surface area is 638 Å². The molecule has 17 N–H and O–H groups in total. The fraction of sp³-hybridized carbons (Fsp3) is 0.418. The second-order valence-corrected chi connectivity index (χ2v) is 28.4. The van der Waals surface area contributed by atoms with Crippen LogP contribution in [0, 0.1) is 11.3 Å². The Balaban J connectivity index is 1.06. The van der Waals surface area contributed by atoms with E-state index in [4.69, 9.17) is 33.2 Å². The molecule has 6 aromatic carbocycles. The SMILES string of the molecule is CC(=O)N[C@H](Cc1ccc2ccccc2c1)C(=O)N[C@H](Cc1ccc(Cl)cc1)C(=O)N[C@H](Cc1ccccc1)C(=O)N[C@@H](CO)C(=O)N[C@@H](Cc1ccc(O)cc1)C(=O)N[C@H](Cc1ccc(CN2CCOCC2)cc1)C(=O)N[C@@H](CC(C)C)C(=O)N[C@@H](CCCNC(=N)N)C(=O)N1CCC[C@H]1C(=O)N[C@H](C)C(N)=O. The van der Waals surface area contributed by atoms with E-state index in [-0.39, 0.29) is 88.5 Å². The van der Waals surface area contributed by atoms with Crippen LogP contribution in [-0.4, -0.2) is 197 Å². The van der Waals surface area contributed by atoms with Crippen LogP contribution in [0.15, 0.2) is 146 Å². The van der Waals surface area contributed by atoms with Gasteiger partial charge in [0.2, 0.25) is 65.0 Å². The Morgan fingerprint density at radius 3 is 1.49 bits per heavy atom. The number of hydrogen-bond acceptors (Lipinski definition) is 16. The monoisotopic (exact) mass is 1520 g/mol. The second kappa shape index (κ2) is 41.4. The highest BCUT2D eigenvalue weighted by Crippen LogP contribution is 2.23. The average Bonchev–Trinajstić information content (AvgIpc) is 1.78. The highest BCUT2D eigenvalue weighted by Gasteiger charge is 2.41. The van der Waals surface area contributed by atoms with Gasteiger partial charge in [0.25, 0.3) is 0 Å². The van der Waals surface area contributed by atoms with Crippen molar-refractivity contribution < 1.29 is 67.7 Å². The summed E-state index contributed by atoms with van der Waals surface area (Å²) in [6.45, 7) is 8.69. The van der Waals surface area contributed by atoms with Crippen LogP contribution in [-0.2, 0) is 96.1 Å². The number of morpholine rings is 1. The molecule has 109 heavy (non-hydrogen) atoms. The van der Waals surface area contributed by atoms with Gasteiger partial charge in [0, 0.05) is 76.8 Å². The van der Waals surface area contributed by atoms with Crippen molar-refractivity contribution >= 4 is 93.3 Å². The maximum Gasteiger partial charge on any atom is 0.245 e. The van der Waals surface area contributed by atoms with Gasteiger partial charge in [0.05, 0.1) is 19.8 Å². The lowest BCUT2D eigenvalue weighted by Gasteiger charge is -2.31. The minimum absolute atomic E-state index is 0.0128. The van der Waals surface area contributed by atoms with Crippen LogP contribution >= 0.6 is 11.6 Å². The largest absolute Gasteiger partial charge is 0.508 e. The molecule has 0 bridgehead atoms. The summed E-state index contributed by atoms with van der Waals surface area (Å²) in [6, 6.07) is 27.7. The number of nitrogens with zero attached hydrogens (tertiary/aromatic N) is 2. The minimum atomic E-state index is -1.82. The van der Waals surface area contributed by atoms with Crippen LogP contribution in [0.3, 0.4) is 0 Å². The number of primary amides is 1. The molecule has 2 fully saturated rings. The smallest absolute Gasteiger partial charge is 0.245 e. The Hall–Kier alpha value is -11.0. The molecule has 2 aliphatic heterocycles. The zero-order valence-corrected chi connectivity index (χ0v) is 62.4. The van der Waals surface area contributed by atoms with E-state index in [0.29, 0.717) is 59.0 Å². The molecule has 0 radical (unpaired) electrons. The third kappa shape index (κ3) is 26.4. The number of nitrogens with two attached hydrogens (primary N) is 2. The van der Waals surface area contributed by atoms with Crippen LogP contribution < -0.4 is 64.6 Å². The number of fused-ring (bicyclic) bond motifs is 1. The first-order chi connectivity index (χ1) is 52.2. The molecular formula is C79H100ClN15O14. The van der Waals surface area contributed by atoms with Gasteiger partial charge in [-0.1, -0.05) is 147 Å². The third-order valence-corrected chi connectivity index (χ3v) is 19.1. The van der Waals surface area contributed by atoms with Crippen LogP contribution in [0.25, 0.3) is 10.8 Å². The number of aromatic hydroxyl groups is 1. The number of halogens is 1. The molecule has 30 heteroatoms. The predicted octanol–water partition coefficient (Wildman–Crippen LogP) is 1.73. The molecule has 29 nitrogen and oxygen atoms in total. The molecule has 0 aromatic heterocycles. The van der Waals surface area contributed by atoms with E-state index in [2.05, 4.69) is 58.1 Å². The summed E-state index contributed by atoms with van der Waals surface area (Å²) >= 11 is 6.26. The Bertz CT molecular complexity index is 4130. The number of aliphatic hydroxyl groups excluding tert-OH is 1. The van der Waals surface area contributed by atoms with E-state index in [1.165, 1.54) is 43.0 Å². The van der Waals surface area contributed by atoms with Crippen LogP contribution in [0.4, 0.5) is 0 Å². The van der Waals surface area contributed by atoms with E-state index in [1.54, 1.807) is 66.7 Å². The van der Waals surface area contributed by atoms with Crippen molar-refractivity contribution in [1.29, 1.82) is 5.41 Å². The van der Waals surface area contributed by atoms with Crippen molar-refractivity contribution in [3.05, 3.63) is 184 Å². The maximum absolute atomic E-state index is 15.3. The number of likely N-dealkylation sites (tertiary alicyclic amines) is 1. The van der Waals surface area contributed by atoms with Crippen molar-refractivity contribution in [2.75, 3.05) is 46.0 Å². The number of phenols is 1. The van der Waals surface area contributed by atoms with Crippen LogP contribution in [0.5, 0.6) is 5.75 Å². The number of amides is 11. The molecule has 2 saturated heterocycles. The molecule has 8 rings (SSSR count). The first kappa shape index (κ1) is 83.6. The summed E-state index contributed by atoms with van der Waals surface area (Å²) in [4.78, 5) is 161. The molecule has 0 unspecified atom stereocenters. The van der Waals surface area contributed by atoms with Gasteiger partial charge in [0.1, 0.15) is 66.2 Å². The highest BCUT2D eigenvalue weighted by molar-refractivity contribution is 6.30. The number of phenolic OH excluding ortho intramolecular Hbond substituents is 1. The molecular weight excluding hydrogens is 1420 g/mol. The summed E-state index contributed by atoms with van der Waals surface area (Å²) in [7, 11) is 0. The van der Waals surface area contributed by atoms with Crippen LogP contribution in [0.2, 0.25) is 5.02 Å². The lowest BCUT2D eigenvalue weighted by Crippen LogP contribution is -2.62. The average molecular weight is 1520 g/mol. The maximum atomic E-state index is 15.3. The van der Waals surface area contributed by atoms with Crippen LogP contribution in [0.1, 0.15) is 93.2 Å². The lowest BCUT2D eigenvalue weighted by atomic mass is 9.99. The van der Waals surface area contributed by atoms with E-state index in [1.807, 2.05) is 68.4 Å². The topological polar surface area (TPSA) is 440 Å². The molecule has 0 aliphatic carbocycles. The summed E-state index contributed by atoms with van der Waals surface area (Å²) < 4.78 is 5.54. The molecule has 10 atom stereocenters. The fourth-order valence-electron chi connectivity index (χ4n) is 13.0. The zero-order valence-electron chi connectivity index (χ0n) is 61.7. The molecule has 2 heterocycles. The molecule has 2 aliphatic rings. The Morgan fingerprint density at radius 2 is 0.963 bits per heavy atom. The van der Waals surface area contributed by atoms with Gasteiger partial charge >= 0.3 is 0 Å². The number of aliphatic hydroxyl groups is 1. The number of carbonyl (C=O) groups excluding carboxylic acids is 11. The number of guanidine groups is 1. The van der Waals surface area contributed by atoms with Gasteiger partial charge in [-0.2, -0.15) is 0 Å². The normalized spacial score (nSPS) is 16.1. The Kier molecular flexibility index (Phi) is 31.7. The van der Waals surface area contributed by atoms with Gasteiger partial charge in [-0.25, -0.2) is 0 Å². The lowest BCUT2D eigenvalue weighted by molar-refractivity contribution is -0.142. The van der Waals surface area contributed by atoms with Crippen molar-refractivity contribution in [2.45, 2.75) is 159 Å². The van der Waals surface area contributed by atoms with Crippen molar-refractivity contribution in [3.8, 4) is 5.75 Å². The first-order valence-corrected chi connectivity index (χ1v) is 37.0. The van der Waals surface area contributed by atoms with Crippen molar-refractivity contribution in [2.24, 2.45) is 17.4 Å². The van der Waals surface area contributed by atoms with E-state index in [0.717, 1.165) is 29.4 Å². The van der Waals surface area contributed by atoms with Gasteiger partial charge in [-0.05, 0) is 113 Å². The molecule has 0 saturated carbocycles. The molecule has 582 valence electrons. The highest BCUT2D eigenvalue weighted by atomic mass is 35.5. The number of hydrogen-bond donors (Lipinski definition) is 15. The van der Waals surface area contributed by atoms with E-state index >= 15 is 9.59 Å². The number of benzene rings is 6. The predicted molar refractivity (Wildman–Crippen MR) is 409 cm³/mol. The number of carbonyl (C=O) groups is 11.